The molecule has 0 saturated heterocycles. The van der Waals surface area contributed by atoms with Crippen molar-refractivity contribution in [3.63, 3.8) is 0 Å². The highest BCUT2D eigenvalue weighted by molar-refractivity contribution is 6.32. The molecule has 0 aliphatic carbocycles. The van der Waals surface area contributed by atoms with Gasteiger partial charge in [-0.15, -0.1) is 0 Å². The third-order valence-electron chi connectivity index (χ3n) is 2.57. The van der Waals surface area contributed by atoms with Crippen LogP contribution in [0, 0.1) is 0 Å². The van der Waals surface area contributed by atoms with E-state index < -0.39 is 0 Å². The van der Waals surface area contributed by atoms with Crippen molar-refractivity contribution in [2.45, 2.75) is 39.2 Å². The Morgan fingerprint density at radius 3 is 2.50 bits per heavy atom. The average molecular weight is 242 g/mol. The van der Waals surface area contributed by atoms with Crippen molar-refractivity contribution >= 4 is 11.6 Å². The van der Waals surface area contributed by atoms with Crippen molar-refractivity contribution in [1.29, 1.82) is 0 Å². The first-order chi connectivity index (χ1) is 7.58. The van der Waals surface area contributed by atoms with Crippen molar-refractivity contribution in [3.8, 4) is 5.75 Å². The van der Waals surface area contributed by atoms with Gasteiger partial charge < -0.3 is 10.5 Å². The van der Waals surface area contributed by atoms with Gasteiger partial charge in [0.2, 0.25) is 0 Å². The van der Waals surface area contributed by atoms with E-state index in [4.69, 9.17) is 22.1 Å². The number of hydrogen-bond donors (Lipinski definition) is 1. The van der Waals surface area contributed by atoms with Gasteiger partial charge in [-0.1, -0.05) is 24.6 Å². The topological polar surface area (TPSA) is 35.2 Å². The van der Waals surface area contributed by atoms with Crippen LogP contribution in [0.2, 0.25) is 5.02 Å². The van der Waals surface area contributed by atoms with E-state index in [1.54, 1.807) is 0 Å². The van der Waals surface area contributed by atoms with Gasteiger partial charge in [-0.25, -0.2) is 0 Å². The van der Waals surface area contributed by atoms with Crippen molar-refractivity contribution < 1.29 is 4.74 Å². The highest BCUT2D eigenvalue weighted by Gasteiger charge is 2.10. The van der Waals surface area contributed by atoms with Crippen molar-refractivity contribution in [2.24, 2.45) is 5.73 Å². The molecule has 16 heavy (non-hydrogen) atoms. The van der Waals surface area contributed by atoms with E-state index in [0.29, 0.717) is 17.5 Å². The number of hydrogen-bond acceptors (Lipinski definition) is 2. The van der Waals surface area contributed by atoms with Crippen LogP contribution < -0.4 is 10.5 Å². The molecule has 0 radical (unpaired) electrons. The van der Waals surface area contributed by atoms with Crippen molar-refractivity contribution in [1.82, 2.24) is 0 Å². The second kappa shape index (κ2) is 6.12. The first-order valence-electron chi connectivity index (χ1n) is 5.74. The molecule has 0 spiro atoms. The number of ether oxygens (including phenoxy) is 1. The Bertz CT molecular complexity index is 335. The molecule has 3 heteroatoms. The summed E-state index contributed by atoms with van der Waals surface area (Å²) < 4.78 is 5.58. The number of benzene rings is 1. The van der Waals surface area contributed by atoms with Gasteiger partial charge in [0.15, 0.2) is 0 Å². The van der Waals surface area contributed by atoms with Crippen LogP contribution in [-0.4, -0.2) is 12.6 Å². The molecule has 0 saturated carbocycles. The third-order valence-corrected chi connectivity index (χ3v) is 2.86. The van der Waals surface area contributed by atoms with Crippen LogP contribution in [-0.2, 0) is 0 Å². The third kappa shape index (κ3) is 3.39. The summed E-state index contributed by atoms with van der Waals surface area (Å²) in [6.45, 7) is 6.75. The van der Waals surface area contributed by atoms with Crippen LogP contribution in [0.1, 0.15) is 38.7 Å². The summed E-state index contributed by atoms with van der Waals surface area (Å²) in [7, 11) is 0. The summed E-state index contributed by atoms with van der Waals surface area (Å²) >= 11 is 6.17. The lowest BCUT2D eigenvalue weighted by molar-refractivity contribution is 0.242. The van der Waals surface area contributed by atoms with E-state index in [-0.39, 0.29) is 6.10 Å². The van der Waals surface area contributed by atoms with Gasteiger partial charge in [0, 0.05) is 0 Å². The van der Waals surface area contributed by atoms with E-state index >= 15 is 0 Å². The van der Waals surface area contributed by atoms with Gasteiger partial charge in [0.25, 0.3) is 0 Å². The lowest BCUT2D eigenvalue weighted by Gasteiger charge is -2.16. The lowest BCUT2D eigenvalue weighted by Crippen LogP contribution is -2.12. The number of nitrogens with two attached hydrogens (primary N) is 1. The van der Waals surface area contributed by atoms with Crippen LogP contribution in [0.4, 0.5) is 0 Å². The summed E-state index contributed by atoms with van der Waals surface area (Å²) in [4.78, 5) is 0. The normalized spacial score (nSPS) is 12.9. The van der Waals surface area contributed by atoms with E-state index in [2.05, 4.69) is 6.92 Å². The Balaban J connectivity index is 2.89. The summed E-state index contributed by atoms with van der Waals surface area (Å²) in [6.07, 6.45) is 1.16. The maximum Gasteiger partial charge on any atom is 0.138 e. The average Bonchev–Trinajstić information content (AvgIpc) is 2.23. The van der Waals surface area contributed by atoms with Gasteiger partial charge in [0.1, 0.15) is 5.75 Å². The molecule has 0 aliphatic rings. The van der Waals surface area contributed by atoms with Gasteiger partial charge >= 0.3 is 0 Å². The maximum atomic E-state index is 6.17. The molecule has 0 aliphatic heterocycles. The minimum absolute atomic E-state index is 0.139. The van der Waals surface area contributed by atoms with Gasteiger partial charge in [0.05, 0.1) is 11.1 Å². The molecule has 90 valence electrons. The molecule has 0 fully saturated rings. The Morgan fingerprint density at radius 2 is 2.06 bits per heavy atom. The molecule has 0 bridgehead atoms. The zero-order valence-electron chi connectivity index (χ0n) is 10.2. The fraction of sp³-hybridized carbons (Fsp3) is 0.538. The number of halogens is 1. The highest BCUT2D eigenvalue weighted by Crippen LogP contribution is 2.30. The fourth-order valence-electron chi connectivity index (χ4n) is 1.66. The lowest BCUT2D eigenvalue weighted by atomic mass is 9.97. The minimum atomic E-state index is 0.139. The predicted molar refractivity (Wildman–Crippen MR) is 69.3 cm³/mol. The summed E-state index contributed by atoms with van der Waals surface area (Å²) in [5, 5.41) is 0.665. The highest BCUT2D eigenvalue weighted by atomic mass is 35.5. The molecule has 1 aromatic rings. The van der Waals surface area contributed by atoms with Gasteiger partial charge in [-0.05, 0) is 50.4 Å². The van der Waals surface area contributed by atoms with Crippen LogP contribution >= 0.6 is 11.6 Å². The van der Waals surface area contributed by atoms with Gasteiger partial charge in [-0.3, -0.25) is 0 Å². The first-order valence-corrected chi connectivity index (χ1v) is 6.12. The molecule has 0 heterocycles. The monoisotopic (exact) mass is 241 g/mol. The van der Waals surface area contributed by atoms with Crippen LogP contribution in [0.5, 0.6) is 5.75 Å². The summed E-state index contributed by atoms with van der Waals surface area (Å²) in [5.74, 6) is 1.12. The zero-order valence-corrected chi connectivity index (χ0v) is 10.9. The summed E-state index contributed by atoms with van der Waals surface area (Å²) in [6, 6.07) is 5.93. The Kier molecular flexibility index (Phi) is 5.10. The van der Waals surface area contributed by atoms with E-state index in [1.165, 1.54) is 5.56 Å². The molecule has 1 aromatic carbocycles. The molecule has 0 amide bonds. The quantitative estimate of drug-likeness (QED) is 0.855. The maximum absolute atomic E-state index is 6.17. The summed E-state index contributed by atoms with van der Waals surface area (Å²) in [5.41, 5.74) is 6.90. The smallest absolute Gasteiger partial charge is 0.138 e. The van der Waals surface area contributed by atoms with Crippen LogP contribution in [0.3, 0.4) is 0 Å². The zero-order chi connectivity index (χ0) is 12.1. The Morgan fingerprint density at radius 1 is 1.38 bits per heavy atom. The molecule has 1 unspecified atom stereocenters. The molecule has 1 atom stereocenters. The molecule has 0 aromatic heterocycles. The van der Waals surface area contributed by atoms with Crippen LogP contribution in [0.15, 0.2) is 18.2 Å². The molecular formula is C13H20ClNO. The Hall–Kier alpha value is -0.730. The molecule has 2 N–H and O–H groups in total. The van der Waals surface area contributed by atoms with E-state index in [9.17, 15) is 0 Å². The molecule has 2 nitrogen and oxygen atoms in total. The molecular weight excluding hydrogens is 222 g/mol. The van der Waals surface area contributed by atoms with Gasteiger partial charge in [-0.2, -0.15) is 0 Å². The number of rotatable bonds is 5. The van der Waals surface area contributed by atoms with Crippen LogP contribution in [0.25, 0.3) is 0 Å². The molecule has 1 rings (SSSR count). The van der Waals surface area contributed by atoms with Crippen molar-refractivity contribution in [3.05, 3.63) is 28.8 Å². The second-order valence-corrected chi connectivity index (χ2v) is 4.60. The van der Waals surface area contributed by atoms with Crippen molar-refractivity contribution in [2.75, 3.05) is 6.54 Å². The largest absolute Gasteiger partial charge is 0.489 e. The first kappa shape index (κ1) is 13.3. The standard InChI is InChI=1S/C13H20ClNO/c1-4-10(8-15)11-5-6-13(12(14)7-11)16-9(2)3/h5-7,9-10H,4,8,15H2,1-3H3. The second-order valence-electron chi connectivity index (χ2n) is 4.20. The SMILES string of the molecule is CCC(CN)c1ccc(OC(C)C)c(Cl)c1. The minimum Gasteiger partial charge on any atom is -0.489 e. The Labute approximate surface area is 103 Å². The van der Waals surface area contributed by atoms with E-state index in [0.717, 1.165) is 12.2 Å². The predicted octanol–water partition coefficient (Wildman–Crippen LogP) is 3.58. The van der Waals surface area contributed by atoms with E-state index in [1.807, 2.05) is 32.0 Å². The fourth-order valence-corrected chi connectivity index (χ4v) is 1.89.